The summed E-state index contributed by atoms with van der Waals surface area (Å²) in [5, 5.41) is 11.6. The van der Waals surface area contributed by atoms with E-state index in [4.69, 9.17) is 5.11 Å². The third-order valence-corrected chi connectivity index (χ3v) is 3.23. The maximum atomic E-state index is 10.4. The Kier molecular flexibility index (Phi) is 5.60. The normalized spacial score (nSPS) is 10.6. The summed E-state index contributed by atoms with van der Waals surface area (Å²) in [6.07, 6.45) is 2.50. The van der Waals surface area contributed by atoms with Crippen LogP contribution in [-0.2, 0) is 11.2 Å². The summed E-state index contributed by atoms with van der Waals surface area (Å²) >= 11 is 2.20. The van der Waals surface area contributed by atoms with Gasteiger partial charge < -0.3 is 10.4 Å². The first kappa shape index (κ1) is 14.1. The van der Waals surface area contributed by atoms with E-state index in [0.717, 1.165) is 21.5 Å². The van der Waals surface area contributed by atoms with Gasteiger partial charge in [-0.1, -0.05) is 13.8 Å². The van der Waals surface area contributed by atoms with Gasteiger partial charge in [0.15, 0.2) is 0 Å². The molecule has 0 aliphatic heterocycles. The van der Waals surface area contributed by atoms with Gasteiger partial charge in [0, 0.05) is 6.54 Å². The van der Waals surface area contributed by atoms with E-state index in [1.54, 1.807) is 0 Å². The Balaban J connectivity index is 2.69. The fraction of sp³-hybridized carbons (Fsp3) is 0.545. The maximum absolute atomic E-state index is 10.4. The Labute approximate surface area is 114 Å². The molecular formula is C11H16IN3O2. The highest BCUT2D eigenvalue weighted by Crippen LogP contribution is 2.20. The minimum atomic E-state index is -0.816. The lowest BCUT2D eigenvalue weighted by atomic mass is 10.1. The summed E-state index contributed by atoms with van der Waals surface area (Å²) < 4.78 is 0.976. The smallest absolute Gasteiger partial charge is 0.305 e. The first-order chi connectivity index (χ1) is 8.00. The first-order valence-electron chi connectivity index (χ1n) is 5.45. The SMILES string of the molecule is CC(C)Cc1ncnc(NCCC(=O)O)c1I. The Hall–Kier alpha value is -0.920. The number of carboxylic acids is 1. The van der Waals surface area contributed by atoms with E-state index < -0.39 is 5.97 Å². The number of carboxylic acid groups (broad SMARTS) is 1. The lowest BCUT2D eigenvalue weighted by Crippen LogP contribution is -2.11. The Morgan fingerprint density at radius 1 is 1.53 bits per heavy atom. The molecule has 0 bridgehead atoms. The van der Waals surface area contributed by atoms with Crippen LogP contribution in [0.1, 0.15) is 26.0 Å². The number of aromatic nitrogens is 2. The Bertz CT molecular complexity index is 396. The molecule has 0 unspecified atom stereocenters. The van der Waals surface area contributed by atoms with E-state index >= 15 is 0 Å². The predicted molar refractivity (Wildman–Crippen MR) is 74.0 cm³/mol. The van der Waals surface area contributed by atoms with E-state index in [2.05, 4.69) is 51.7 Å². The van der Waals surface area contributed by atoms with Crippen molar-refractivity contribution in [2.45, 2.75) is 26.7 Å². The van der Waals surface area contributed by atoms with Crippen LogP contribution in [0.5, 0.6) is 0 Å². The van der Waals surface area contributed by atoms with Crippen LogP contribution in [0.15, 0.2) is 6.33 Å². The molecule has 0 atom stereocenters. The zero-order valence-electron chi connectivity index (χ0n) is 9.90. The van der Waals surface area contributed by atoms with Crippen molar-refractivity contribution in [1.29, 1.82) is 0 Å². The average molecular weight is 349 g/mol. The molecule has 1 rings (SSSR count). The minimum Gasteiger partial charge on any atom is -0.481 e. The minimum absolute atomic E-state index is 0.0829. The second kappa shape index (κ2) is 6.73. The van der Waals surface area contributed by atoms with Crippen LogP contribution < -0.4 is 5.32 Å². The molecule has 17 heavy (non-hydrogen) atoms. The lowest BCUT2D eigenvalue weighted by Gasteiger charge is -2.10. The van der Waals surface area contributed by atoms with Crippen molar-refractivity contribution < 1.29 is 9.90 Å². The molecule has 0 spiro atoms. The third-order valence-electron chi connectivity index (χ3n) is 2.09. The molecule has 2 N–H and O–H groups in total. The van der Waals surface area contributed by atoms with Crippen LogP contribution in [0, 0.1) is 9.49 Å². The van der Waals surface area contributed by atoms with Gasteiger partial charge in [0.1, 0.15) is 12.1 Å². The molecule has 0 radical (unpaired) electrons. The van der Waals surface area contributed by atoms with Crippen molar-refractivity contribution in [2.24, 2.45) is 5.92 Å². The van der Waals surface area contributed by atoms with Gasteiger partial charge >= 0.3 is 5.97 Å². The molecule has 0 aromatic carbocycles. The van der Waals surface area contributed by atoms with Crippen molar-refractivity contribution in [2.75, 3.05) is 11.9 Å². The number of carbonyl (C=O) groups is 1. The van der Waals surface area contributed by atoms with E-state index in [0.29, 0.717) is 12.5 Å². The molecule has 0 saturated heterocycles. The quantitative estimate of drug-likeness (QED) is 0.770. The van der Waals surface area contributed by atoms with Crippen LogP contribution in [-0.4, -0.2) is 27.6 Å². The van der Waals surface area contributed by atoms with Gasteiger partial charge in [0.25, 0.3) is 0 Å². The standard InChI is InChI=1S/C11H16IN3O2/c1-7(2)5-8-10(12)11(15-6-14-8)13-4-3-9(16)17/h6-7H,3-5H2,1-2H3,(H,16,17)(H,13,14,15). The largest absolute Gasteiger partial charge is 0.481 e. The number of anilines is 1. The fourth-order valence-electron chi connectivity index (χ4n) is 1.35. The van der Waals surface area contributed by atoms with E-state index in [-0.39, 0.29) is 6.42 Å². The van der Waals surface area contributed by atoms with Gasteiger partial charge in [-0.25, -0.2) is 9.97 Å². The first-order valence-corrected chi connectivity index (χ1v) is 6.53. The van der Waals surface area contributed by atoms with Crippen LogP contribution in [0.25, 0.3) is 0 Å². The zero-order valence-corrected chi connectivity index (χ0v) is 12.1. The van der Waals surface area contributed by atoms with Crippen molar-refractivity contribution >= 4 is 34.4 Å². The molecule has 0 saturated carbocycles. The summed E-state index contributed by atoms with van der Waals surface area (Å²) in [5.74, 6) is 0.437. The summed E-state index contributed by atoms with van der Waals surface area (Å²) in [7, 11) is 0. The second-order valence-corrected chi connectivity index (χ2v) is 5.23. The number of rotatable bonds is 6. The molecule has 0 amide bonds. The van der Waals surface area contributed by atoms with Crippen LogP contribution in [0.4, 0.5) is 5.82 Å². The molecule has 1 aromatic rings. The molecular weight excluding hydrogens is 333 g/mol. The Morgan fingerprint density at radius 2 is 2.24 bits per heavy atom. The number of hydrogen-bond acceptors (Lipinski definition) is 4. The number of halogens is 1. The number of nitrogens with zero attached hydrogens (tertiary/aromatic N) is 2. The third kappa shape index (κ3) is 4.84. The highest BCUT2D eigenvalue weighted by molar-refractivity contribution is 14.1. The summed E-state index contributed by atoms with van der Waals surface area (Å²) in [4.78, 5) is 18.8. The van der Waals surface area contributed by atoms with Crippen molar-refractivity contribution in [1.82, 2.24) is 9.97 Å². The summed E-state index contributed by atoms with van der Waals surface area (Å²) in [6, 6.07) is 0. The zero-order chi connectivity index (χ0) is 12.8. The predicted octanol–water partition coefficient (Wildman–Crippen LogP) is 2.17. The number of nitrogens with one attached hydrogen (secondary N) is 1. The molecule has 1 aromatic heterocycles. The maximum Gasteiger partial charge on any atom is 0.305 e. The molecule has 0 aliphatic carbocycles. The van der Waals surface area contributed by atoms with E-state index in [1.165, 1.54) is 6.33 Å². The van der Waals surface area contributed by atoms with Crippen LogP contribution >= 0.6 is 22.6 Å². The molecule has 0 aliphatic rings. The van der Waals surface area contributed by atoms with Gasteiger partial charge in [-0.2, -0.15) is 0 Å². The molecule has 1 heterocycles. The number of aliphatic carboxylic acids is 1. The molecule has 0 fully saturated rings. The van der Waals surface area contributed by atoms with Crippen LogP contribution in [0.2, 0.25) is 0 Å². The van der Waals surface area contributed by atoms with E-state index in [9.17, 15) is 4.79 Å². The van der Waals surface area contributed by atoms with Crippen molar-refractivity contribution in [3.8, 4) is 0 Å². The number of hydrogen-bond donors (Lipinski definition) is 2. The van der Waals surface area contributed by atoms with Gasteiger partial charge in [-0.15, -0.1) is 0 Å². The Morgan fingerprint density at radius 3 is 2.82 bits per heavy atom. The fourth-order valence-corrected chi connectivity index (χ4v) is 2.04. The monoisotopic (exact) mass is 349 g/mol. The highest BCUT2D eigenvalue weighted by atomic mass is 127. The molecule has 5 nitrogen and oxygen atoms in total. The van der Waals surface area contributed by atoms with E-state index in [1.807, 2.05) is 0 Å². The van der Waals surface area contributed by atoms with Crippen molar-refractivity contribution in [3.63, 3.8) is 0 Å². The van der Waals surface area contributed by atoms with Crippen molar-refractivity contribution in [3.05, 3.63) is 15.6 Å². The van der Waals surface area contributed by atoms with Gasteiger partial charge in [0.2, 0.25) is 0 Å². The molecule has 94 valence electrons. The second-order valence-electron chi connectivity index (χ2n) is 4.15. The molecule has 6 heteroatoms. The van der Waals surface area contributed by atoms with Gasteiger partial charge in [-0.05, 0) is 34.9 Å². The van der Waals surface area contributed by atoms with Gasteiger partial charge in [0.05, 0.1) is 15.7 Å². The average Bonchev–Trinajstić information content (AvgIpc) is 2.22. The summed E-state index contributed by atoms with van der Waals surface area (Å²) in [6.45, 7) is 4.65. The lowest BCUT2D eigenvalue weighted by molar-refractivity contribution is -0.136. The summed E-state index contributed by atoms with van der Waals surface area (Å²) in [5.41, 5.74) is 1.01. The topological polar surface area (TPSA) is 75.1 Å². The van der Waals surface area contributed by atoms with Crippen LogP contribution in [0.3, 0.4) is 0 Å². The highest BCUT2D eigenvalue weighted by Gasteiger charge is 2.10. The van der Waals surface area contributed by atoms with Gasteiger partial charge in [-0.3, -0.25) is 4.79 Å².